The number of guanidine groups is 1. The second-order valence-corrected chi connectivity index (χ2v) is 6.59. The fourth-order valence-corrected chi connectivity index (χ4v) is 2.82. The van der Waals surface area contributed by atoms with E-state index in [1.165, 1.54) is 18.4 Å². The van der Waals surface area contributed by atoms with Crippen LogP contribution in [0, 0.1) is 12.7 Å². The van der Waals surface area contributed by atoms with E-state index in [-0.39, 0.29) is 12.4 Å². The number of fused-ring (bicyclic) bond motifs is 1. The molecule has 0 fully saturated rings. The van der Waals surface area contributed by atoms with Crippen LogP contribution in [-0.4, -0.2) is 24.2 Å². The van der Waals surface area contributed by atoms with Gasteiger partial charge in [0.1, 0.15) is 35.1 Å². The molecule has 27 heavy (non-hydrogen) atoms. The van der Waals surface area contributed by atoms with Gasteiger partial charge in [0.25, 0.3) is 0 Å². The number of rotatable bonds is 6. The number of aryl methyl sites for hydroxylation is 1. The molecule has 0 radical (unpaired) electrons. The summed E-state index contributed by atoms with van der Waals surface area (Å²) in [5.41, 5.74) is 0.330. The monoisotopic (exact) mass is 373 g/mol. The lowest BCUT2D eigenvalue weighted by Crippen LogP contribution is -2.44. The molecule has 0 aliphatic rings. The Morgan fingerprint density at radius 2 is 2.11 bits per heavy atom. The molecule has 0 saturated heterocycles. The van der Waals surface area contributed by atoms with Gasteiger partial charge in [-0.3, -0.25) is 0 Å². The van der Waals surface area contributed by atoms with Crippen LogP contribution in [0.4, 0.5) is 4.39 Å². The fraction of sp³-hybridized carbons (Fsp3) is 0.350. The minimum atomic E-state index is -1.17. The molecule has 0 spiro atoms. The van der Waals surface area contributed by atoms with Gasteiger partial charge in [0, 0.05) is 17.5 Å². The van der Waals surface area contributed by atoms with Crippen LogP contribution >= 0.6 is 0 Å². The van der Waals surface area contributed by atoms with E-state index in [0.29, 0.717) is 36.2 Å². The minimum absolute atomic E-state index is 0.219. The summed E-state index contributed by atoms with van der Waals surface area (Å²) < 4.78 is 24.5. The second-order valence-electron chi connectivity index (χ2n) is 6.59. The number of furan rings is 2. The lowest BCUT2D eigenvalue weighted by Gasteiger charge is -2.22. The highest BCUT2D eigenvalue weighted by Crippen LogP contribution is 2.26. The van der Waals surface area contributed by atoms with Gasteiger partial charge in [0.15, 0.2) is 5.96 Å². The summed E-state index contributed by atoms with van der Waals surface area (Å²) in [5, 5.41) is 17.5. The largest absolute Gasteiger partial charge is 0.466 e. The van der Waals surface area contributed by atoms with Gasteiger partial charge in [-0.2, -0.15) is 0 Å². The average Bonchev–Trinajstić information content (AvgIpc) is 3.27. The van der Waals surface area contributed by atoms with E-state index in [1.807, 2.05) is 13.8 Å². The van der Waals surface area contributed by atoms with Crippen LogP contribution in [0.1, 0.15) is 30.9 Å². The molecule has 6 nitrogen and oxygen atoms in total. The summed E-state index contributed by atoms with van der Waals surface area (Å²) >= 11 is 0. The number of hydrogen-bond donors (Lipinski definition) is 3. The molecule has 1 aromatic carbocycles. The maximum absolute atomic E-state index is 13.4. The molecule has 1 atom stereocenters. The van der Waals surface area contributed by atoms with Crippen molar-refractivity contribution in [3.05, 3.63) is 59.5 Å². The maximum Gasteiger partial charge on any atom is 0.191 e. The summed E-state index contributed by atoms with van der Waals surface area (Å²) in [4.78, 5) is 4.51. The van der Waals surface area contributed by atoms with Crippen LogP contribution in [0.15, 0.2) is 50.4 Å². The molecule has 3 rings (SSSR count). The third-order valence-corrected chi connectivity index (χ3v) is 4.37. The lowest BCUT2D eigenvalue weighted by atomic mass is 10.0. The first kappa shape index (κ1) is 19.0. The number of aliphatic imine (C=N–C) groups is 1. The van der Waals surface area contributed by atoms with Crippen molar-refractivity contribution >= 4 is 16.9 Å². The van der Waals surface area contributed by atoms with Crippen molar-refractivity contribution in [1.82, 2.24) is 10.6 Å². The van der Waals surface area contributed by atoms with Crippen LogP contribution in [0.5, 0.6) is 0 Å². The van der Waals surface area contributed by atoms with E-state index in [9.17, 15) is 9.50 Å². The Kier molecular flexibility index (Phi) is 5.51. The number of benzene rings is 1. The molecule has 0 aliphatic heterocycles. The van der Waals surface area contributed by atoms with Gasteiger partial charge in [0.05, 0.1) is 12.8 Å². The Bertz CT molecular complexity index is 930. The van der Waals surface area contributed by atoms with Crippen molar-refractivity contribution in [3.63, 3.8) is 0 Å². The van der Waals surface area contributed by atoms with Crippen molar-refractivity contribution in [2.24, 2.45) is 4.99 Å². The summed E-state index contributed by atoms with van der Waals surface area (Å²) in [6, 6.07) is 7.92. The summed E-state index contributed by atoms with van der Waals surface area (Å²) in [5.74, 6) is 1.39. The van der Waals surface area contributed by atoms with E-state index in [1.54, 1.807) is 25.1 Å². The number of aliphatic hydroxyl groups is 1. The molecule has 7 heteroatoms. The van der Waals surface area contributed by atoms with E-state index in [4.69, 9.17) is 8.83 Å². The normalized spacial score (nSPS) is 14.3. The van der Waals surface area contributed by atoms with Crippen molar-refractivity contribution < 1.29 is 18.3 Å². The molecule has 0 bridgehead atoms. The first-order valence-corrected chi connectivity index (χ1v) is 8.87. The fourth-order valence-electron chi connectivity index (χ4n) is 2.82. The Hall–Kier alpha value is -2.80. The van der Waals surface area contributed by atoms with Crippen LogP contribution in [-0.2, 0) is 12.1 Å². The van der Waals surface area contributed by atoms with Crippen molar-refractivity contribution in [1.29, 1.82) is 0 Å². The van der Waals surface area contributed by atoms with Crippen LogP contribution in [0.25, 0.3) is 11.0 Å². The van der Waals surface area contributed by atoms with E-state index in [0.717, 1.165) is 10.9 Å². The smallest absolute Gasteiger partial charge is 0.191 e. The zero-order chi connectivity index (χ0) is 19.4. The number of hydrogen-bond acceptors (Lipinski definition) is 4. The molecule has 0 saturated carbocycles. The third kappa shape index (κ3) is 4.31. The Morgan fingerprint density at radius 3 is 2.81 bits per heavy atom. The van der Waals surface area contributed by atoms with Gasteiger partial charge in [-0.25, -0.2) is 9.38 Å². The Morgan fingerprint density at radius 1 is 1.30 bits per heavy atom. The van der Waals surface area contributed by atoms with Gasteiger partial charge in [-0.15, -0.1) is 0 Å². The Balaban J connectivity index is 1.73. The quantitative estimate of drug-likeness (QED) is 0.455. The van der Waals surface area contributed by atoms with E-state index < -0.39 is 5.60 Å². The van der Waals surface area contributed by atoms with Crippen LogP contribution in [0.2, 0.25) is 0 Å². The zero-order valence-electron chi connectivity index (χ0n) is 15.7. The average molecular weight is 373 g/mol. The summed E-state index contributed by atoms with van der Waals surface area (Å²) in [7, 11) is 0. The van der Waals surface area contributed by atoms with Crippen molar-refractivity contribution in [2.45, 2.75) is 32.9 Å². The van der Waals surface area contributed by atoms with Gasteiger partial charge in [-0.05, 0) is 51.1 Å². The van der Waals surface area contributed by atoms with E-state index >= 15 is 0 Å². The zero-order valence-corrected chi connectivity index (χ0v) is 15.7. The second kappa shape index (κ2) is 7.84. The Labute approximate surface area is 157 Å². The molecular weight excluding hydrogens is 349 g/mol. The molecule has 144 valence electrons. The maximum atomic E-state index is 13.4. The molecule has 3 aromatic rings. The number of halogens is 1. The van der Waals surface area contributed by atoms with Crippen molar-refractivity contribution in [2.75, 3.05) is 13.1 Å². The summed E-state index contributed by atoms with van der Waals surface area (Å²) in [6.45, 7) is 6.69. The highest BCUT2D eigenvalue weighted by Gasteiger charge is 2.26. The molecule has 2 aromatic heterocycles. The molecule has 0 amide bonds. The molecule has 3 N–H and O–H groups in total. The first-order chi connectivity index (χ1) is 12.9. The standard InChI is InChI=1S/C20H24FN3O3/c1-4-22-19(24-12-20(3,25)18-6-5-9-26-18)23-11-17-13(2)15-10-14(21)7-8-16(15)27-17/h5-10,25H,4,11-12H2,1-3H3,(H2,22,23,24). The van der Waals surface area contributed by atoms with E-state index in [2.05, 4.69) is 15.6 Å². The molecule has 0 aliphatic carbocycles. The molecular formula is C20H24FN3O3. The topological polar surface area (TPSA) is 82.9 Å². The minimum Gasteiger partial charge on any atom is -0.466 e. The van der Waals surface area contributed by atoms with Gasteiger partial charge in [0.2, 0.25) is 0 Å². The third-order valence-electron chi connectivity index (χ3n) is 4.37. The van der Waals surface area contributed by atoms with Gasteiger partial charge >= 0.3 is 0 Å². The van der Waals surface area contributed by atoms with Crippen molar-refractivity contribution in [3.8, 4) is 0 Å². The molecule has 1 unspecified atom stereocenters. The van der Waals surface area contributed by atoms with Gasteiger partial charge in [-0.1, -0.05) is 0 Å². The first-order valence-electron chi connectivity index (χ1n) is 8.87. The predicted octanol–water partition coefficient (Wildman–Crippen LogP) is 3.44. The predicted molar refractivity (Wildman–Crippen MR) is 102 cm³/mol. The number of nitrogens with one attached hydrogen (secondary N) is 2. The highest BCUT2D eigenvalue weighted by molar-refractivity contribution is 5.82. The highest BCUT2D eigenvalue weighted by atomic mass is 19.1. The van der Waals surface area contributed by atoms with Crippen LogP contribution in [0.3, 0.4) is 0 Å². The summed E-state index contributed by atoms with van der Waals surface area (Å²) in [6.07, 6.45) is 1.52. The van der Waals surface area contributed by atoms with Crippen LogP contribution < -0.4 is 10.6 Å². The van der Waals surface area contributed by atoms with Gasteiger partial charge < -0.3 is 24.6 Å². The lowest BCUT2D eigenvalue weighted by molar-refractivity contribution is 0.0386. The molecule has 2 heterocycles. The number of nitrogens with zero attached hydrogens (tertiary/aromatic N) is 1. The SMILES string of the molecule is CCNC(=NCc1oc2ccc(F)cc2c1C)NCC(C)(O)c1ccco1.